The molecule has 0 bridgehead atoms. The van der Waals surface area contributed by atoms with Crippen molar-refractivity contribution in [1.29, 1.82) is 0 Å². The molecular weight excluding hydrogens is 326 g/mol. The smallest absolute Gasteiger partial charge is 0.155 e. The summed E-state index contributed by atoms with van der Waals surface area (Å²) in [5, 5.41) is 8.30. The van der Waals surface area contributed by atoms with Gasteiger partial charge in [-0.1, -0.05) is 18.2 Å². The molecule has 26 heavy (non-hydrogen) atoms. The van der Waals surface area contributed by atoms with E-state index in [1.54, 1.807) is 19.5 Å². The maximum Gasteiger partial charge on any atom is 0.155 e. The van der Waals surface area contributed by atoms with Crippen molar-refractivity contribution in [1.82, 2.24) is 25.1 Å². The minimum Gasteiger partial charge on any atom is -0.496 e. The van der Waals surface area contributed by atoms with E-state index in [1.807, 2.05) is 35.0 Å². The van der Waals surface area contributed by atoms with Crippen LogP contribution in [0.3, 0.4) is 0 Å². The molecule has 0 aliphatic carbocycles. The van der Waals surface area contributed by atoms with Crippen molar-refractivity contribution in [2.75, 3.05) is 20.2 Å². The Hall–Kier alpha value is -2.73. The van der Waals surface area contributed by atoms with E-state index in [9.17, 15) is 0 Å². The second-order valence-electron chi connectivity index (χ2n) is 6.54. The summed E-state index contributed by atoms with van der Waals surface area (Å²) in [6.07, 6.45) is 6.52. The van der Waals surface area contributed by atoms with Crippen LogP contribution in [0, 0.1) is 0 Å². The topological polar surface area (TPSA) is 64.9 Å². The second kappa shape index (κ2) is 7.66. The fourth-order valence-corrected chi connectivity index (χ4v) is 3.47. The third kappa shape index (κ3) is 3.46. The van der Waals surface area contributed by atoms with Crippen LogP contribution in [0.25, 0.3) is 5.69 Å². The zero-order valence-electron chi connectivity index (χ0n) is 14.9. The summed E-state index contributed by atoms with van der Waals surface area (Å²) in [6, 6.07) is 12.0. The Morgan fingerprint density at radius 2 is 2.04 bits per heavy atom. The second-order valence-corrected chi connectivity index (χ2v) is 6.54. The largest absolute Gasteiger partial charge is 0.496 e. The van der Waals surface area contributed by atoms with Crippen molar-refractivity contribution in [3.63, 3.8) is 0 Å². The summed E-state index contributed by atoms with van der Waals surface area (Å²) in [7, 11) is 1.70. The number of hydrogen-bond donors (Lipinski definition) is 1. The van der Waals surface area contributed by atoms with Gasteiger partial charge in [0.15, 0.2) is 5.82 Å². The molecule has 2 aromatic heterocycles. The Bertz CT molecular complexity index is 856. The van der Waals surface area contributed by atoms with Crippen LogP contribution >= 0.6 is 0 Å². The van der Waals surface area contributed by atoms with Gasteiger partial charge in [0.05, 0.1) is 12.8 Å². The minimum atomic E-state index is 0.371. The summed E-state index contributed by atoms with van der Waals surface area (Å²) in [4.78, 5) is 9.04. The zero-order valence-corrected chi connectivity index (χ0v) is 14.9. The third-order valence-electron chi connectivity index (χ3n) is 4.79. The van der Waals surface area contributed by atoms with Crippen molar-refractivity contribution in [2.45, 2.75) is 25.2 Å². The first kappa shape index (κ1) is 16.7. The van der Waals surface area contributed by atoms with E-state index in [1.165, 1.54) is 0 Å². The van der Waals surface area contributed by atoms with E-state index in [2.05, 4.69) is 16.4 Å². The Balaban J connectivity index is 1.71. The van der Waals surface area contributed by atoms with Gasteiger partial charge < -0.3 is 10.1 Å². The number of piperidine rings is 1. The van der Waals surface area contributed by atoms with Crippen LogP contribution in [0.4, 0.5) is 0 Å². The monoisotopic (exact) mass is 349 g/mol. The lowest BCUT2D eigenvalue weighted by atomic mass is 9.99. The van der Waals surface area contributed by atoms with Crippen LogP contribution in [-0.2, 0) is 6.42 Å². The van der Waals surface area contributed by atoms with Crippen LogP contribution in [0.2, 0.25) is 0 Å². The molecule has 4 rings (SSSR count). The number of aromatic nitrogens is 4. The number of nitrogens with zero attached hydrogens (tertiary/aromatic N) is 4. The highest BCUT2D eigenvalue weighted by atomic mass is 16.5. The Labute approximate surface area is 153 Å². The normalized spacial score (nSPS) is 17.2. The van der Waals surface area contributed by atoms with Crippen molar-refractivity contribution in [2.24, 2.45) is 0 Å². The molecule has 1 aromatic carbocycles. The van der Waals surface area contributed by atoms with E-state index >= 15 is 0 Å². The summed E-state index contributed by atoms with van der Waals surface area (Å²) in [5.74, 6) is 3.07. The van der Waals surface area contributed by atoms with Gasteiger partial charge in [0.25, 0.3) is 0 Å². The number of nitrogens with one attached hydrogen (secondary N) is 1. The molecule has 6 heteroatoms. The van der Waals surface area contributed by atoms with Crippen molar-refractivity contribution in [3.05, 3.63) is 66.0 Å². The van der Waals surface area contributed by atoms with Crippen molar-refractivity contribution >= 4 is 0 Å². The van der Waals surface area contributed by atoms with Gasteiger partial charge >= 0.3 is 0 Å². The van der Waals surface area contributed by atoms with Crippen LogP contribution in [-0.4, -0.2) is 39.9 Å². The van der Waals surface area contributed by atoms with Gasteiger partial charge in [-0.3, -0.25) is 4.98 Å². The van der Waals surface area contributed by atoms with Gasteiger partial charge in [0.2, 0.25) is 0 Å². The first-order valence-corrected chi connectivity index (χ1v) is 9.04. The van der Waals surface area contributed by atoms with E-state index in [4.69, 9.17) is 14.8 Å². The molecular formula is C20H23N5O. The molecule has 1 atom stereocenters. The molecule has 1 fully saturated rings. The van der Waals surface area contributed by atoms with Crippen LogP contribution in [0.1, 0.15) is 36.0 Å². The van der Waals surface area contributed by atoms with Gasteiger partial charge in [0, 0.05) is 36.8 Å². The molecule has 134 valence electrons. The Kier molecular flexibility index (Phi) is 4.93. The molecule has 0 amide bonds. The number of hydrogen-bond acceptors (Lipinski definition) is 5. The van der Waals surface area contributed by atoms with Gasteiger partial charge in [-0.15, -0.1) is 0 Å². The summed E-state index contributed by atoms with van der Waals surface area (Å²) < 4.78 is 7.45. The van der Waals surface area contributed by atoms with Crippen molar-refractivity contribution in [3.8, 4) is 11.4 Å². The standard InChI is InChI=1S/C20H23N5O/c1-26-18-7-3-2-5-15(18)13-19-23-20(16-6-4-10-22-14-16)25(24-19)17-8-11-21-12-9-17/h2-3,5,7-9,11-12,16,22H,4,6,10,13-14H2,1H3. The maximum atomic E-state index is 5.47. The zero-order chi connectivity index (χ0) is 17.8. The molecule has 0 saturated carbocycles. The van der Waals surface area contributed by atoms with Gasteiger partial charge in [-0.05, 0) is 37.6 Å². The highest BCUT2D eigenvalue weighted by molar-refractivity contribution is 5.36. The van der Waals surface area contributed by atoms with Crippen LogP contribution in [0.15, 0.2) is 48.8 Å². The number of para-hydroxylation sites is 1. The van der Waals surface area contributed by atoms with Gasteiger partial charge in [0.1, 0.15) is 11.6 Å². The molecule has 1 N–H and O–H groups in total. The summed E-state index contributed by atoms with van der Waals surface area (Å²) in [5.41, 5.74) is 2.09. The fourth-order valence-electron chi connectivity index (χ4n) is 3.47. The van der Waals surface area contributed by atoms with E-state index in [0.717, 1.165) is 54.6 Å². The lowest BCUT2D eigenvalue weighted by Gasteiger charge is -2.22. The average Bonchev–Trinajstić information content (AvgIpc) is 3.13. The first-order valence-electron chi connectivity index (χ1n) is 9.04. The molecule has 3 heterocycles. The van der Waals surface area contributed by atoms with Crippen LogP contribution < -0.4 is 10.1 Å². The fraction of sp³-hybridized carbons (Fsp3) is 0.350. The highest BCUT2D eigenvalue weighted by Crippen LogP contribution is 2.26. The molecule has 1 aliphatic heterocycles. The number of pyridine rings is 1. The highest BCUT2D eigenvalue weighted by Gasteiger charge is 2.23. The maximum absolute atomic E-state index is 5.47. The summed E-state index contributed by atoms with van der Waals surface area (Å²) in [6.45, 7) is 2.02. The average molecular weight is 349 g/mol. The Morgan fingerprint density at radius 3 is 2.81 bits per heavy atom. The van der Waals surface area contributed by atoms with Gasteiger partial charge in [-0.2, -0.15) is 5.10 Å². The predicted octanol–water partition coefficient (Wildman–Crippen LogP) is 2.73. The molecule has 0 radical (unpaired) electrons. The van der Waals surface area contributed by atoms with Crippen molar-refractivity contribution < 1.29 is 4.74 Å². The molecule has 6 nitrogen and oxygen atoms in total. The van der Waals surface area contributed by atoms with Crippen LogP contribution in [0.5, 0.6) is 5.75 Å². The number of rotatable bonds is 5. The Morgan fingerprint density at radius 1 is 1.19 bits per heavy atom. The predicted molar refractivity (Wildman–Crippen MR) is 99.8 cm³/mol. The molecule has 1 aliphatic rings. The van der Waals surface area contributed by atoms with E-state index < -0.39 is 0 Å². The van der Waals surface area contributed by atoms with E-state index in [0.29, 0.717) is 12.3 Å². The minimum absolute atomic E-state index is 0.371. The summed E-state index contributed by atoms with van der Waals surface area (Å²) >= 11 is 0. The number of methoxy groups -OCH3 is 1. The third-order valence-corrected chi connectivity index (χ3v) is 4.79. The SMILES string of the molecule is COc1ccccc1Cc1nc(C2CCCNC2)n(-c2ccncc2)n1. The van der Waals surface area contributed by atoms with Gasteiger partial charge in [-0.25, -0.2) is 9.67 Å². The molecule has 1 saturated heterocycles. The molecule has 0 spiro atoms. The lowest BCUT2D eigenvalue weighted by molar-refractivity contribution is 0.410. The van der Waals surface area contributed by atoms with E-state index in [-0.39, 0.29) is 0 Å². The number of ether oxygens (including phenoxy) is 1. The molecule has 3 aromatic rings. The first-order chi connectivity index (χ1) is 12.8. The number of benzene rings is 1. The quantitative estimate of drug-likeness (QED) is 0.767. The molecule has 1 unspecified atom stereocenters. The lowest BCUT2D eigenvalue weighted by Crippen LogP contribution is -2.30.